The fourth-order valence-corrected chi connectivity index (χ4v) is 8.88. The van der Waals surface area contributed by atoms with Gasteiger partial charge in [0.15, 0.2) is 0 Å². The van der Waals surface area contributed by atoms with Gasteiger partial charge in [-0.2, -0.15) is 0 Å². The minimum atomic E-state index is -1.42. The van der Waals surface area contributed by atoms with Crippen molar-refractivity contribution in [3.05, 3.63) is 76.9 Å². The lowest BCUT2D eigenvalue weighted by molar-refractivity contribution is -0.145. The molecule has 4 atom stereocenters. The summed E-state index contributed by atoms with van der Waals surface area (Å²) < 4.78 is 21.2. The predicted molar refractivity (Wildman–Crippen MR) is 212 cm³/mol. The van der Waals surface area contributed by atoms with Gasteiger partial charge in [0, 0.05) is 39.1 Å². The number of aliphatic hydroxyl groups excluding tert-OH is 1. The van der Waals surface area contributed by atoms with Gasteiger partial charge in [-0.3, -0.25) is 19.3 Å². The van der Waals surface area contributed by atoms with Crippen LogP contribution in [0.4, 0.5) is 9.18 Å². The number of nitrogens with zero attached hydrogens (tertiary/aromatic N) is 4. The maximum Gasteiger partial charge on any atom is 0.410 e. The number of aliphatic hydroxyl groups is 1. The number of halogens is 1. The van der Waals surface area contributed by atoms with Crippen molar-refractivity contribution in [3.63, 3.8) is 0 Å². The van der Waals surface area contributed by atoms with Crippen molar-refractivity contribution in [1.82, 2.24) is 30.3 Å². The van der Waals surface area contributed by atoms with E-state index in [4.69, 9.17) is 4.74 Å². The molecular weight excluding hydrogens is 736 g/mol. The Morgan fingerprint density at radius 2 is 1.71 bits per heavy atom. The first-order valence-corrected chi connectivity index (χ1v) is 20.4. The number of hydrogen-bond donors (Lipinski definition) is 3. The summed E-state index contributed by atoms with van der Waals surface area (Å²) in [5.41, 5.74) is 3.49. The molecule has 0 aliphatic carbocycles. The molecule has 0 radical (unpaired) electrons. The number of rotatable bonds is 12. The maximum absolute atomic E-state index is 15.8. The molecule has 6 rings (SSSR count). The zero-order valence-corrected chi connectivity index (χ0v) is 33.8. The second kappa shape index (κ2) is 17.4. The van der Waals surface area contributed by atoms with Gasteiger partial charge in [0.2, 0.25) is 17.7 Å². The summed E-state index contributed by atoms with van der Waals surface area (Å²) in [6.45, 7) is 10.7. The number of hydrogen-bond acceptors (Lipinski definition) is 9. The Morgan fingerprint density at radius 1 is 1.04 bits per heavy atom. The lowest BCUT2D eigenvalue weighted by Gasteiger charge is -2.46. The largest absolute Gasteiger partial charge is 0.445 e. The minimum absolute atomic E-state index is 0.0268. The van der Waals surface area contributed by atoms with Gasteiger partial charge in [-0.05, 0) is 61.1 Å². The highest BCUT2D eigenvalue weighted by Crippen LogP contribution is 2.36. The number of carbonyl (C=O) groups is 4. The molecule has 2 unspecified atom stereocenters. The second-order valence-electron chi connectivity index (χ2n) is 16.9. The fourth-order valence-electron chi connectivity index (χ4n) is 8.07. The summed E-state index contributed by atoms with van der Waals surface area (Å²) >= 11 is 1.57. The molecule has 0 saturated carbocycles. The van der Waals surface area contributed by atoms with Crippen LogP contribution in [0.15, 0.2) is 60.1 Å². The lowest BCUT2D eigenvalue weighted by atomic mass is 9.81. The van der Waals surface area contributed by atoms with Gasteiger partial charge in [-0.1, -0.05) is 75.4 Å². The highest BCUT2D eigenvalue weighted by Gasteiger charge is 2.47. The highest BCUT2D eigenvalue weighted by atomic mass is 32.1. The second-order valence-corrected chi connectivity index (χ2v) is 17.7. The van der Waals surface area contributed by atoms with Crippen molar-refractivity contribution < 1.29 is 33.4 Å². The first-order chi connectivity index (χ1) is 26.6. The van der Waals surface area contributed by atoms with Crippen LogP contribution >= 0.6 is 11.3 Å². The third-order valence-electron chi connectivity index (χ3n) is 11.2. The first kappa shape index (κ1) is 41.2. The van der Waals surface area contributed by atoms with E-state index in [-0.39, 0.29) is 63.2 Å². The quantitative estimate of drug-likeness (QED) is 0.226. The highest BCUT2D eigenvalue weighted by molar-refractivity contribution is 7.13. The average molecular weight is 791 g/mol. The van der Waals surface area contributed by atoms with E-state index in [0.29, 0.717) is 32.4 Å². The molecule has 14 heteroatoms. The Balaban J connectivity index is 0.965. The number of thiazole rings is 1. The van der Waals surface area contributed by atoms with Gasteiger partial charge in [0.1, 0.15) is 24.4 Å². The van der Waals surface area contributed by atoms with Crippen molar-refractivity contribution in [1.29, 1.82) is 0 Å². The number of nitrogens with one attached hydrogen (secondary N) is 2. The van der Waals surface area contributed by atoms with Crippen molar-refractivity contribution in [2.24, 2.45) is 11.3 Å². The van der Waals surface area contributed by atoms with Gasteiger partial charge in [-0.15, -0.1) is 11.3 Å². The molecule has 3 fully saturated rings. The number of benzene rings is 2. The number of likely N-dealkylation sites (tertiary alicyclic amines) is 3. The smallest absolute Gasteiger partial charge is 0.410 e. The van der Waals surface area contributed by atoms with E-state index in [1.807, 2.05) is 94.7 Å². The maximum atomic E-state index is 15.8. The SMILES string of the molecule is Cc1ncsc1-c1ccc(C(C)NC(=O)[C@@H]2C[C@@H](O)CN2C(=O)C(NC(=O)CN2CC(F)(CC3CCN(C(=O)OCc4ccccc4)CC3)C2)C(C)(C)C)cc1. The molecular formula is C42H55FN6O6S. The number of ether oxygens (including phenoxy) is 1. The number of carbonyl (C=O) groups excluding carboxylic acids is 4. The third kappa shape index (κ3) is 10.1. The molecule has 1 aromatic heterocycles. The summed E-state index contributed by atoms with van der Waals surface area (Å²) in [7, 11) is 0. The summed E-state index contributed by atoms with van der Waals surface area (Å²) in [4.78, 5) is 63.8. The number of amides is 4. The summed E-state index contributed by atoms with van der Waals surface area (Å²) in [5.74, 6) is -1.11. The zero-order chi connectivity index (χ0) is 40.2. The normalized spacial score (nSPS) is 21.2. The van der Waals surface area contributed by atoms with Crippen LogP contribution in [-0.4, -0.2) is 112 Å². The average Bonchev–Trinajstić information content (AvgIpc) is 3.77. The van der Waals surface area contributed by atoms with Crippen LogP contribution in [0.25, 0.3) is 10.4 Å². The number of aryl methyl sites for hydroxylation is 1. The van der Waals surface area contributed by atoms with Gasteiger partial charge in [-0.25, -0.2) is 14.2 Å². The van der Waals surface area contributed by atoms with Gasteiger partial charge in [0.25, 0.3) is 0 Å². The zero-order valence-electron chi connectivity index (χ0n) is 33.0. The molecule has 302 valence electrons. The Kier molecular flexibility index (Phi) is 12.8. The summed E-state index contributed by atoms with van der Waals surface area (Å²) in [6.07, 6.45) is 0.575. The molecule has 3 aliphatic rings. The van der Waals surface area contributed by atoms with Crippen molar-refractivity contribution >= 4 is 35.2 Å². The molecule has 4 heterocycles. The van der Waals surface area contributed by atoms with Crippen molar-refractivity contribution in [2.75, 3.05) is 39.3 Å². The fraction of sp³-hybridized carbons (Fsp3) is 0.548. The van der Waals surface area contributed by atoms with E-state index in [0.717, 1.165) is 27.3 Å². The van der Waals surface area contributed by atoms with Gasteiger partial charge in [0.05, 0.1) is 34.8 Å². The van der Waals surface area contributed by atoms with E-state index in [9.17, 15) is 24.3 Å². The van der Waals surface area contributed by atoms with Gasteiger partial charge >= 0.3 is 6.09 Å². The molecule has 56 heavy (non-hydrogen) atoms. The standard InChI is InChI=1S/C42H55FN6O6S/c1-27(31-11-13-32(14-12-31)36-28(2)44-26-56-36)45-38(52)34-19-33(50)21-49(34)39(53)37(41(3,4)5)46-35(51)22-47-24-42(43,25-47)20-29-15-17-48(18-16-29)40(54)55-23-30-9-7-6-8-10-30/h6-14,26-27,29,33-34,37,50H,15-25H2,1-5H3,(H,45,52)(H,46,51)/t27?,33-,34+,37?/m1/s1. The number of alkyl halides is 1. The monoisotopic (exact) mass is 790 g/mol. The summed E-state index contributed by atoms with van der Waals surface area (Å²) in [5, 5.41) is 16.5. The van der Waals surface area contributed by atoms with Crippen molar-refractivity contribution in [2.45, 2.75) is 96.8 Å². The van der Waals surface area contributed by atoms with Crippen LogP contribution < -0.4 is 10.6 Å². The number of piperidine rings is 1. The van der Waals surface area contributed by atoms with Crippen LogP contribution in [0.2, 0.25) is 0 Å². The third-order valence-corrected chi connectivity index (χ3v) is 12.2. The minimum Gasteiger partial charge on any atom is -0.445 e. The topological polar surface area (TPSA) is 144 Å². The van der Waals surface area contributed by atoms with Crippen LogP contribution in [0.1, 0.15) is 76.2 Å². The van der Waals surface area contributed by atoms with E-state index in [2.05, 4.69) is 15.6 Å². The molecule has 12 nitrogen and oxygen atoms in total. The Hall–Kier alpha value is -4.40. The summed E-state index contributed by atoms with van der Waals surface area (Å²) in [6, 6.07) is 15.2. The van der Waals surface area contributed by atoms with Crippen LogP contribution in [0, 0.1) is 18.3 Å². The first-order valence-electron chi connectivity index (χ1n) is 19.5. The molecule has 2 aromatic carbocycles. The van der Waals surface area contributed by atoms with Crippen LogP contribution in [0.5, 0.6) is 0 Å². The molecule has 3 aromatic rings. The number of β-amino-alcohol motifs (C(OH)–C–C–N with tert-alkyl or cyclic N) is 1. The lowest BCUT2D eigenvalue weighted by Crippen LogP contribution is -2.63. The molecule has 0 bridgehead atoms. The molecule has 3 saturated heterocycles. The van der Waals surface area contributed by atoms with E-state index in [1.54, 1.807) is 21.1 Å². The Morgan fingerprint density at radius 3 is 2.34 bits per heavy atom. The van der Waals surface area contributed by atoms with Gasteiger partial charge < -0.3 is 30.3 Å². The molecule has 3 aliphatic heterocycles. The van der Waals surface area contributed by atoms with E-state index < -0.39 is 41.1 Å². The molecule has 4 amide bonds. The Labute approximate surface area is 332 Å². The van der Waals surface area contributed by atoms with Crippen molar-refractivity contribution in [3.8, 4) is 10.4 Å². The predicted octanol–water partition coefficient (Wildman–Crippen LogP) is 5.25. The van der Waals surface area contributed by atoms with Crippen LogP contribution in [0.3, 0.4) is 0 Å². The van der Waals surface area contributed by atoms with E-state index in [1.165, 1.54) is 4.90 Å². The van der Waals surface area contributed by atoms with Crippen LogP contribution in [-0.2, 0) is 25.7 Å². The molecule has 0 spiro atoms. The Bertz CT molecular complexity index is 1840. The number of aromatic nitrogens is 1. The molecule has 3 N–H and O–H groups in total. The van der Waals surface area contributed by atoms with E-state index >= 15 is 4.39 Å².